The van der Waals surface area contributed by atoms with Crippen molar-refractivity contribution < 1.29 is 19.4 Å². The largest absolute Gasteiger partial charge is 0.487 e. The maximum absolute atomic E-state index is 10.8. The molecule has 0 radical (unpaired) electrons. The number of aliphatic carboxylic acids is 1. The average Bonchev–Trinajstić information content (AvgIpc) is 2.62. The number of rotatable bonds is 14. The van der Waals surface area contributed by atoms with Crippen molar-refractivity contribution in [2.75, 3.05) is 0 Å². The second kappa shape index (κ2) is 13.2. The van der Waals surface area contributed by atoms with Gasteiger partial charge in [-0.15, -0.1) is 0 Å². The molecular formula is C23H36O4. The Morgan fingerprint density at radius 3 is 2.04 bits per heavy atom. The smallest absolute Gasteiger partial charge is 0.328 e. The molecule has 0 spiro atoms. The molecule has 0 aromatic heterocycles. The summed E-state index contributed by atoms with van der Waals surface area (Å²) in [6.45, 7) is 8.54. The van der Waals surface area contributed by atoms with E-state index in [-0.39, 0.29) is 12.2 Å². The zero-order chi connectivity index (χ0) is 20.1. The van der Waals surface area contributed by atoms with Gasteiger partial charge in [0.25, 0.3) is 0 Å². The van der Waals surface area contributed by atoms with Crippen molar-refractivity contribution in [1.82, 2.24) is 0 Å². The Kier molecular flexibility index (Phi) is 11.3. The fourth-order valence-corrected chi connectivity index (χ4v) is 2.90. The molecule has 0 aliphatic heterocycles. The summed E-state index contributed by atoms with van der Waals surface area (Å²) in [5.41, 5.74) is 0.791. The minimum absolute atomic E-state index is 0.0907. The lowest BCUT2D eigenvalue weighted by Gasteiger charge is -2.21. The van der Waals surface area contributed by atoms with Crippen molar-refractivity contribution in [2.45, 2.75) is 91.3 Å². The maximum atomic E-state index is 10.8. The highest BCUT2D eigenvalue weighted by molar-refractivity contribution is 5.85. The summed E-state index contributed by atoms with van der Waals surface area (Å²) in [6, 6.07) is 5.61. The molecular weight excluding hydrogens is 340 g/mol. The van der Waals surface area contributed by atoms with E-state index in [0.717, 1.165) is 43.1 Å². The predicted molar refractivity (Wildman–Crippen MR) is 112 cm³/mol. The second-order valence-electron chi connectivity index (χ2n) is 7.23. The molecule has 0 amide bonds. The van der Waals surface area contributed by atoms with Gasteiger partial charge >= 0.3 is 5.97 Å². The average molecular weight is 377 g/mol. The van der Waals surface area contributed by atoms with Gasteiger partial charge in [0.05, 0.1) is 12.2 Å². The van der Waals surface area contributed by atoms with E-state index in [1.165, 1.54) is 25.7 Å². The summed E-state index contributed by atoms with van der Waals surface area (Å²) < 4.78 is 12.3. The van der Waals surface area contributed by atoms with E-state index in [2.05, 4.69) is 27.7 Å². The Morgan fingerprint density at radius 2 is 1.52 bits per heavy atom. The zero-order valence-electron chi connectivity index (χ0n) is 17.4. The lowest BCUT2D eigenvalue weighted by molar-refractivity contribution is -0.131. The molecule has 0 aliphatic rings. The van der Waals surface area contributed by atoms with Crippen LogP contribution in [0.1, 0.15) is 84.6 Å². The molecule has 152 valence electrons. The Morgan fingerprint density at radius 1 is 0.963 bits per heavy atom. The topological polar surface area (TPSA) is 55.8 Å². The van der Waals surface area contributed by atoms with Crippen molar-refractivity contribution in [2.24, 2.45) is 0 Å². The monoisotopic (exact) mass is 376 g/mol. The minimum Gasteiger partial charge on any atom is -0.487 e. The normalized spacial score (nSPS) is 13.5. The molecule has 0 fully saturated rings. The van der Waals surface area contributed by atoms with E-state index in [1.54, 1.807) is 6.08 Å². The van der Waals surface area contributed by atoms with Gasteiger partial charge in [0, 0.05) is 6.08 Å². The van der Waals surface area contributed by atoms with Crippen LogP contribution >= 0.6 is 0 Å². The first kappa shape index (κ1) is 23.1. The fraction of sp³-hybridized carbons (Fsp3) is 0.609. The van der Waals surface area contributed by atoms with E-state index in [9.17, 15) is 4.79 Å². The zero-order valence-corrected chi connectivity index (χ0v) is 17.4. The summed E-state index contributed by atoms with van der Waals surface area (Å²) in [5.74, 6) is 0.456. The summed E-state index contributed by atoms with van der Waals surface area (Å²) in [7, 11) is 0. The van der Waals surface area contributed by atoms with Gasteiger partial charge in [-0.25, -0.2) is 4.79 Å². The van der Waals surface area contributed by atoms with Crippen molar-refractivity contribution in [3.63, 3.8) is 0 Å². The summed E-state index contributed by atoms with van der Waals surface area (Å²) in [6.07, 6.45) is 12.0. The number of ether oxygens (including phenoxy) is 2. The van der Waals surface area contributed by atoms with Crippen LogP contribution in [0.25, 0.3) is 6.08 Å². The highest BCUT2D eigenvalue weighted by Crippen LogP contribution is 2.32. The molecule has 0 aliphatic carbocycles. The number of carbonyl (C=O) groups is 1. The van der Waals surface area contributed by atoms with Crippen molar-refractivity contribution >= 4 is 12.0 Å². The molecule has 27 heavy (non-hydrogen) atoms. The van der Waals surface area contributed by atoms with E-state index in [4.69, 9.17) is 14.6 Å². The molecule has 0 saturated carbocycles. The first-order valence-electron chi connectivity index (χ1n) is 10.3. The minimum atomic E-state index is -0.963. The fourth-order valence-electron chi connectivity index (χ4n) is 2.90. The number of benzene rings is 1. The second-order valence-corrected chi connectivity index (χ2v) is 7.23. The van der Waals surface area contributed by atoms with Crippen LogP contribution in [0.4, 0.5) is 0 Å². The van der Waals surface area contributed by atoms with Gasteiger partial charge in [0.1, 0.15) is 0 Å². The van der Waals surface area contributed by atoms with Gasteiger partial charge in [0.15, 0.2) is 11.5 Å². The quantitative estimate of drug-likeness (QED) is 0.298. The van der Waals surface area contributed by atoms with Crippen molar-refractivity contribution in [1.29, 1.82) is 0 Å². The van der Waals surface area contributed by atoms with Gasteiger partial charge in [0.2, 0.25) is 0 Å². The lowest BCUT2D eigenvalue weighted by Crippen LogP contribution is -2.15. The molecule has 1 aromatic rings. The van der Waals surface area contributed by atoms with Crippen molar-refractivity contribution in [3.05, 3.63) is 29.8 Å². The summed E-state index contributed by atoms with van der Waals surface area (Å²) in [4.78, 5) is 10.8. The van der Waals surface area contributed by atoms with E-state index in [0.29, 0.717) is 5.75 Å². The third kappa shape index (κ3) is 10.1. The first-order valence-corrected chi connectivity index (χ1v) is 10.3. The number of carboxylic acids is 1. The van der Waals surface area contributed by atoms with Crippen LogP contribution in [-0.4, -0.2) is 23.3 Å². The van der Waals surface area contributed by atoms with Crippen LogP contribution < -0.4 is 9.47 Å². The van der Waals surface area contributed by atoms with Crippen molar-refractivity contribution in [3.8, 4) is 11.5 Å². The Balaban J connectivity index is 2.86. The molecule has 2 atom stereocenters. The predicted octanol–water partition coefficient (Wildman–Crippen LogP) is 6.48. The third-order valence-corrected chi connectivity index (χ3v) is 4.47. The molecule has 0 bridgehead atoms. The van der Waals surface area contributed by atoms with Crippen LogP contribution in [0.15, 0.2) is 24.3 Å². The van der Waals surface area contributed by atoms with Gasteiger partial charge in [-0.05, 0) is 63.3 Å². The molecule has 2 unspecified atom stereocenters. The Labute approximate surface area is 164 Å². The van der Waals surface area contributed by atoms with Gasteiger partial charge < -0.3 is 14.6 Å². The Bertz CT molecular complexity index is 580. The van der Waals surface area contributed by atoms with E-state index in [1.807, 2.05) is 18.2 Å². The van der Waals surface area contributed by atoms with Crippen LogP contribution in [0.5, 0.6) is 11.5 Å². The highest BCUT2D eigenvalue weighted by Gasteiger charge is 2.13. The number of unbranched alkanes of at least 4 members (excludes halogenated alkanes) is 4. The lowest BCUT2D eigenvalue weighted by atomic mass is 10.1. The molecule has 4 nitrogen and oxygen atoms in total. The van der Waals surface area contributed by atoms with Gasteiger partial charge in [-0.3, -0.25) is 0 Å². The number of hydrogen-bond acceptors (Lipinski definition) is 3. The molecule has 4 heteroatoms. The van der Waals surface area contributed by atoms with Crippen LogP contribution in [0, 0.1) is 0 Å². The number of hydrogen-bond donors (Lipinski definition) is 1. The highest BCUT2D eigenvalue weighted by atomic mass is 16.5. The molecule has 1 N–H and O–H groups in total. The van der Waals surface area contributed by atoms with Gasteiger partial charge in [-0.1, -0.05) is 45.6 Å². The molecule has 0 saturated heterocycles. The summed E-state index contributed by atoms with van der Waals surface area (Å²) >= 11 is 0. The summed E-state index contributed by atoms with van der Waals surface area (Å²) in [5, 5.41) is 8.84. The van der Waals surface area contributed by atoms with Crippen LogP contribution in [0.3, 0.4) is 0 Å². The number of carboxylic acid groups (broad SMARTS) is 1. The van der Waals surface area contributed by atoms with E-state index >= 15 is 0 Å². The maximum Gasteiger partial charge on any atom is 0.328 e. The van der Waals surface area contributed by atoms with Crippen LogP contribution in [-0.2, 0) is 4.79 Å². The van der Waals surface area contributed by atoms with E-state index < -0.39 is 5.97 Å². The Hall–Kier alpha value is -1.97. The molecule has 0 heterocycles. The molecule has 1 aromatic carbocycles. The van der Waals surface area contributed by atoms with Crippen LogP contribution in [0.2, 0.25) is 0 Å². The SMILES string of the molecule is CCCCCC(C)Oc1ccc(C=CC(=O)O)cc1OC(C)CCCCC. The third-order valence-electron chi connectivity index (χ3n) is 4.47. The first-order chi connectivity index (χ1) is 13.0. The molecule has 1 rings (SSSR count). The standard InChI is InChI=1S/C23H36O4/c1-5-7-9-11-18(3)26-21-15-13-20(14-16-23(24)25)17-22(21)27-19(4)12-10-8-6-2/h13-19H,5-12H2,1-4H3,(H,24,25). The van der Waals surface area contributed by atoms with Gasteiger partial charge in [-0.2, -0.15) is 0 Å².